The minimum Gasteiger partial charge on any atom is -0.347 e. The highest BCUT2D eigenvalue weighted by Crippen LogP contribution is 2.17. The van der Waals surface area contributed by atoms with E-state index < -0.39 is 11.4 Å². The number of benzene rings is 1. The van der Waals surface area contributed by atoms with Gasteiger partial charge in [-0.15, -0.1) is 11.6 Å². The normalized spacial score (nSPS) is 14.1. The number of hydrogen-bond acceptors (Lipinski definition) is 1. The first-order chi connectivity index (χ1) is 8.41. The summed E-state index contributed by atoms with van der Waals surface area (Å²) in [5.41, 5.74) is 0.480. The van der Waals surface area contributed by atoms with Crippen molar-refractivity contribution in [1.82, 2.24) is 5.32 Å². The molecule has 0 fully saturated rings. The van der Waals surface area contributed by atoms with Crippen molar-refractivity contribution in [2.24, 2.45) is 0 Å². The quantitative estimate of drug-likeness (QED) is 0.814. The van der Waals surface area contributed by atoms with Gasteiger partial charge in [0, 0.05) is 11.4 Å². The van der Waals surface area contributed by atoms with Crippen LogP contribution in [-0.2, 0) is 0 Å². The molecule has 0 heterocycles. The highest BCUT2D eigenvalue weighted by Gasteiger charge is 2.25. The van der Waals surface area contributed by atoms with Gasteiger partial charge in [0.1, 0.15) is 5.82 Å². The Kier molecular flexibility index (Phi) is 5.15. The van der Waals surface area contributed by atoms with E-state index in [1.54, 1.807) is 13.0 Å². The smallest absolute Gasteiger partial charge is 0.254 e. The molecule has 0 saturated carbocycles. The van der Waals surface area contributed by atoms with Crippen molar-refractivity contribution in [1.29, 1.82) is 0 Å². The van der Waals surface area contributed by atoms with Crippen LogP contribution in [0.5, 0.6) is 0 Å². The van der Waals surface area contributed by atoms with Crippen LogP contribution >= 0.6 is 11.6 Å². The van der Waals surface area contributed by atoms with E-state index in [1.807, 2.05) is 13.8 Å². The monoisotopic (exact) mass is 271 g/mol. The first-order valence-corrected chi connectivity index (χ1v) is 6.60. The molecule has 0 spiro atoms. The highest BCUT2D eigenvalue weighted by molar-refractivity contribution is 6.17. The predicted octanol–water partition coefficient (Wildman–Crippen LogP) is 3.66. The zero-order valence-electron chi connectivity index (χ0n) is 11.0. The first-order valence-electron chi connectivity index (χ1n) is 6.06. The molecule has 18 heavy (non-hydrogen) atoms. The van der Waals surface area contributed by atoms with Crippen molar-refractivity contribution in [3.8, 4) is 0 Å². The van der Waals surface area contributed by atoms with Gasteiger partial charge in [-0.2, -0.15) is 0 Å². The van der Waals surface area contributed by atoms with Gasteiger partial charge in [-0.3, -0.25) is 4.79 Å². The average Bonchev–Trinajstić information content (AvgIpc) is 2.28. The van der Waals surface area contributed by atoms with Gasteiger partial charge in [-0.1, -0.05) is 13.0 Å². The zero-order chi connectivity index (χ0) is 13.8. The number of hydrogen-bond donors (Lipinski definition) is 1. The fourth-order valence-electron chi connectivity index (χ4n) is 1.68. The molecule has 0 saturated heterocycles. The van der Waals surface area contributed by atoms with Crippen LogP contribution in [-0.4, -0.2) is 17.3 Å². The Balaban J connectivity index is 2.87. The average molecular weight is 272 g/mol. The van der Waals surface area contributed by atoms with Crippen LogP contribution in [0.4, 0.5) is 4.39 Å². The number of rotatable bonds is 5. The van der Waals surface area contributed by atoms with Crippen LogP contribution in [0.3, 0.4) is 0 Å². The summed E-state index contributed by atoms with van der Waals surface area (Å²) in [6.45, 7) is 5.67. The van der Waals surface area contributed by atoms with Gasteiger partial charge in [0.2, 0.25) is 0 Å². The van der Waals surface area contributed by atoms with E-state index in [-0.39, 0.29) is 11.5 Å². The van der Waals surface area contributed by atoms with Crippen molar-refractivity contribution >= 4 is 17.5 Å². The van der Waals surface area contributed by atoms with Crippen molar-refractivity contribution in [3.63, 3.8) is 0 Å². The van der Waals surface area contributed by atoms with Gasteiger partial charge in [0.25, 0.3) is 5.91 Å². The largest absolute Gasteiger partial charge is 0.347 e. The topological polar surface area (TPSA) is 29.1 Å². The summed E-state index contributed by atoms with van der Waals surface area (Å²) in [6.07, 6.45) is 1.41. The van der Waals surface area contributed by atoms with Crippen molar-refractivity contribution in [2.45, 2.75) is 39.2 Å². The standard InChI is InChI=1S/C14H19ClFNO/c1-4-14(3,7-8-15)17-13(18)11-6-5-10(2)9-12(11)16/h5-6,9H,4,7-8H2,1-3H3,(H,17,18). The third-order valence-corrected chi connectivity index (χ3v) is 3.40. The molecule has 0 aromatic heterocycles. The van der Waals surface area contributed by atoms with Crippen molar-refractivity contribution in [3.05, 3.63) is 35.1 Å². The maximum Gasteiger partial charge on any atom is 0.254 e. The summed E-state index contributed by atoms with van der Waals surface area (Å²) in [6, 6.07) is 4.60. The fourth-order valence-corrected chi connectivity index (χ4v) is 2.10. The van der Waals surface area contributed by atoms with Crippen LogP contribution in [0.15, 0.2) is 18.2 Å². The Hall–Kier alpha value is -1.09. The van der Waals surface area contributed by atoms with Crippen LogP contribution in [0.2, 0.25) is 0 Å². The minimum absolute atomic E-state index is 0.0786. The molecule has 1 rings (SSSR count). The summed E-state index contributed by atoms with van der Waals surface area (Å²) in [5, 5.41) is 2.86. The molecule has 100 valence electrons. The second-order valence-corrected chi connectivity index (χ2v) is 5.17. The Labute approximate surface area is 113 Å². The van der Waals surface area contributed by atoms with E-state index in [0.29, 0.717) is 12.3 Å². The molecule has 4 heteroatoms. The van der Waals surface area contributed by atoms with Crippen LogP contribution in [0.1, 0.15) is 42.6 Å². The molecule has 1 amide bonds. The Morgan fingerprint density at radius 2 is 2.17 bits per heavy atom. The lowest BCUT2D eigenvalue weighted by Gasteiger charge is -2.29. The lowest BCUT2D eigenvalue weighted by Crippen LogP contribution is -2.46. The number of carbonyl (C=O) groups excluding carboxylic acids is 1. The van der Waals surface area contributed by atoms with Gasteiger partial charge in [0.15, 0.2) is 0 Å². The summed E-state index contributed by atoms with van der Waals surface area (Å²) in [7, 11) is 0. The number of carbonyl (C=O) groups is 1. The van der Waals surface area contributed by atoms with E-state index in [1.165, 1.54) is 12.1 Å². The molecule has 0 bridgehead atoms. The highest BCUT2D eigenvalue weighted by atomic mass is 35.5. The third kappa shape index (κ3) is 3.70. The maximum atomic E-state index is 13.7. The molecular formula is C14H19ClFNO. The molecular weight excluding hydrogens is 253 g/mol. The summed E-state index contributed by atoms with van der Waals surface area (Å²) < 4.78 is 13.7. The molecule has 1 aromatic carbocycles. The SMILES string of the molecule is CCC(C)(CCCl)NC(=O)c1ccc(C)cc1F. The van der Waals surface area contributed by atoms with Gasteiger partial charge in [0.05, 0.1) is 5.56 Å². The predicted molar refractivity (Wildman–Crippen MR) is 72.6 cm³/mol. The van der Waals surface area contributed by atoms with Crippen LogP contribution < -0.4 is 5.32 Å². The van der Waals surface area contributed by atoms with Crippen LogP contribution in [0, 0.1) is 12.7 Å². The molecule has 0 aliphatic carbocycles. The number of halogens is 2. The lowest BCUT2D eigenvalue weighted by molar-refractivity contribution is 0.0897. The van der Waals surface area contributed by atoms with Gasteiger partial charge < -0.3 is 5.32 Å². The Morgan fingerprint density at radius 3 is 2.67 bits per heavy atom. The van der Waals surface area contributed by atoms with E-state index in [2.05, 4.69) is 5.32 Å². The second kappa shape index (κ2) is 6.19. The Morgan fingerprint density at radius 1 is 1.50 bits per heavy atom. The van der Waals surface area contributed by atoms with Crippen molar-refractivity contribution in [2.75, 3.05) is 5.88 Å². The third-order valence-electron chi connectivity index (χ3n) is 3.21. The first kappa shape index (κ1) is 15.0. The van der Waals surface area contributed by atoms with E-state index in [9.17, 15) is 9.18 Å². The van der Waals surface area contributed by atoms with Gasteiger partial charge in [-0.05, 0) is 44.4 Å². The van der Waals surface area contributed by atoms with Gasteiger partial charge >= 0.3 is 0 Å². The van der Waals surface area contributed by atoms with Gasteiger partial charge in [-0.25, -0.2) is 4.39 Å². The maximum absolute atomic E-state index is 13.7. The molecule has 1 N–H and O–H groups in total. The van der Waals surface area contributed by atoms with E-state index >= 15 is 0 Å². The lowest BCUT2D eigenvalue weighted by atomic mass is 9.95. The zero-order valence-corrected chi connectivity index (χ0v) is 11.8. The summed E-state index contributed by atoms with van der Waals surface area (Å²) >= 11 is 5.72. The molecule has 1 unspecified atom stereocenters. The van der Waals surface area contributed by atoms with Crippen LogP contribution in [0.25, 0.3) is 0 Å². The second-order valence-electron chi connectivity index (χ2n) is 4.79. The minimum atomic E-state index is -0.489. The number of alkyl halides is 1. The number of amides is 1. The van der Waals surface area contributed by atoms with E-state index in [4.69, 9.17) is 11.6 Å². The van der Waals surface area contributed by atoms with E-state index in [0.717, 1.165) is 12.0 Å². The molecule has 0 radical (unpaired) electrons. The summed E-state index contributed by atoms with van der Waals surface area (Å²) in [5.74, 6) is -0.417. The summed E-state index contributed by atoms with van der Waals surface area (Å²) in [4.78, 5) is 12.0. The molecule has 2 nitrogen and oxygen atoms in total. The molecule has 0 aliphatic heterocycles. The molecule has 1 atom stereocenters. The molecule has 1 aromatic rings. The van der Waals surface area contributed by atoms with Crippen molar-refractivity contribution < 1.29 is 9.18 Å². The Bertz CT molecular complexity index is 436. The number of nitrogens with one attached hydrogen (secondary N) is 1. The molecule has 0 aliphatic rings. The number of aryl methyl sites for hydroxylation is 1. The fraction of sp³-hybridized carbons (Fsp3) is 0.500.